The van der Waals surface area contributed by atoms with Gasteiger partial charge in [0.25, 0.3) is 5.91 Å². The molecule has 0 atom stereocenters. The van der Waals surface area contributed by atoms with E-state index >= 15 is 0 Å². The van der Waals surface area contributed by atoms with E-state index in [0.717, 1.165) is 11.3 Å². The Balaban J connectivity index is 1.81. The van der Waals surface area contributed by atoms with E-state index in [-0.39, 0.29) is 11.7 Å². The molecule has 2 rings (SSSR count). The second kappa shape index (κ2) is 5.99. The average molecular weight is 260 g/mol. The number of hydrogen-bond acceptors (Lipinski definition) is 4. The summed E-state index contributed by atoms with van der Waals surface area (Å²) in [7, 11) is 1.70. The van der Waals surface area contributed by atoms with Gasteiger partial charge in [0.05, 0.1) is 6.54 Å². The second-order valence-corrected chi connectivity index (χ2v) is 4.23. The van der Waals surface area contributed by atoms with Gasteiger partial charge in [-0.05, 0) is 24.6 Å². The molecule has 0 aliphatic heterocycles. The van der Waals surface area contributed by atoms with Crippen LogP contribution in [-0.2, 0) is 0 Å². The standard InChI is InChI=1S/C13H16N4O2/c1-10-4-3-5-11(8-10)19-7-6-17(2)13(18)12-14-9-15-16-12/h3-5,8-9H,6-7H2,1-2H3,(H,14,15,16). The van der Waals surface area contributed by atoms with E-state index in [2.05, 4.69) is 15.2 Å². The number of aryl methyl sites for hydroxylation is 1. The van der Waals surface area contributed by atoms with Crippen LogP contribution in [0.5, 0.6) is 5.75 Å². The zero-order valence-electron chi connectivity index (χ0n) is 11.0. The number of H-pyrrole nitrogens is 1. The van der Waals surface area contributed by atoms with Gasteiger partial charge in [0, 0.05) is 7.05 Å². The van der Waals surface area contributed by atoms with Crippen molar-refractivity contribution in [2.24, 2.45) is 0 Å². The van der Waals surface area contributed by atoms with Gasteiger partial charge in [-0.25, -0.2) is 4.98 Å². The van der Waals surface area contributed by atoms with Gasteiger partial charge in [-0.1, -0.05) is 12.1 Å². The van der Waals surface area contributed by atoms with E-state index in [9.17, 15) is 4.79 Å². The highest BCUT2D eigenvalue weighted by atomic mass is 16.5. The number of hydrogen-bond donors (Lipinski definition) is 1. The van der Waals surface area contributed by atoms with Gasteiger partial charge in [0.2, 0.25) is 5.82 Å². The van der Waals surface area contributed by atoms with E-state index in [1.165, 1.54) is 11.2 Å². The lowest BCUT2D eigenvalue weighted by Crippen LogP contribution is -2.31. The molecule has 1 aromatic carbocycles. The molecule has 6 heteroatoms. The number of benzene rings is 1. The van der Waals surface area contributed by atoms with Crippen LogP contribution in [0.4, 0.5) is 0 Å². The van der Waals surface area contributed by atoms with Crippen LogP contribution in [0.25, 0.3) is 0 Å². The molecule has 1 N–H and O–H groups in total. The van der Waals surface area contributed by atoms with Crippen LogP contribution in [0.15, 0.2) is 30.6 Å². The summed E-state index contributed by atoms with van der Waals surface area (Å²) >= 11 is 0. The highest BCUT2D eigenvalue weighted by molar-refractivity contribution is 5.90. The summed E-state index contributed by atoms with van der Waals surface area (Å²) in [5.41, 5.74) is 1.14. The third kappa shape index (κ3) is 3.54. The number of aromatic amines is 1. The lowest BCUT2D eigenvalue weighted by Gasteiger charge is -2.16. The van der Waals surface area contributed by atoms with Crippen molar-refractivity contribution in [3.05, 3.63) is 42.0 Å². The van der Waals surface area contributed by atoms with Crippen LogP contribution >= 0.6 is 0 Å². The van der Waals surface area contributed by atoms with Crippen molar-refractivity contribution in [1.29, 1.82) is 0 Å². The lowest BCUT2D eigenvalue weighted by atomic mass is 10.2. The van der Waals surface area contributed by atoms with Gasteiger partial charge in [-0.15, -0.1) is 0 Å². The highest BCUT2D eigenvalue weighted by Crippen LogP contribution is 2.12. The fourth-order valence-electron chi connectivity index (χ4n) is 1.60. The summed E-state index contributed by atoms with van der Waals surface area (Å²) in [5, 5.41) is 6.19. The van der Waals surface area contributed by atoms with E-state index in [4.69, 9.17) is 4.74 Å². The van der Waals surface area contributed by atoms with Gasteiger partial charge >= 0.3 is 0 Å². The molecule has 19 heavy (non-hydrogen) atoms. The number of carbonyl (C=O) groups is 1. The third-order valence-corrected chi connectivity index (χ3v) is 2.65. The molecule has 0 aliphatic carbocycles. The first-order valence-electron chi connectivity index (χ1n) is 5.97. The van der Waals surface area contributed by atoms with Crippen LogP contribution in [0.3, 0.4) is 0 Å². The molecule has 0 bridgehead atoms. The number of ether oxygens (including phenoxy) is 1. The average Bonchev–Trinajstić information content (AvgIpc) is 2.91. The summed E-state index contributed by atoms with van der Waals surface area (Å²) < 4.78 is 5.58. The summed E-state index contributed by atoms with van der Waals surface area (Å²) in [5.74, 6) is 0.837. The van der Waals surface area contributed by atoms with Crippen molar-refractivity contribution in [2.45, 2.75) is 6.92 Å². The molecule has 1 aromatic heterocycles. The van der Waals surface area contributed by atoms with E-state index in [0.29, 0.717) is 13.2 Å². The van der Waals surface area contributed by atoms with Crippen LogP contribution in [0, 0.1) is 6.92 Å². The Kier molecular flexibility index (Phi) is 4.12. The van der Waals surface area contributed by atoms with Crippen LogP contribution in [0.1, 0.15) is 16.2 Å². The summed E-state index contributed by atoms with van der Waals surface area (Å²) in [6.07, 6.45) is 1.31. The van der Waals surface area contributed by atoms with Crippen molar-refractivity contribution >= 4 is 5.91 Å². The first-order chi connectivity index (χ1) is 9.16. The molecule has 0 saturated carbocycles. The smallest absolute Gasteiger partial charge is 0.291 e. The fourth-order valence-corrected chi connectivity index (χ4v) is 1.60. The molecule has 0 spiro atoms. The predicted molar refractivity (Wildman–Crippen MR) is 70.0 cm³/mol. The normalized spacial score (nSPS) is 10.2. The summed E-state index contributed by atoms with van der Waals surface area (Å²) in [6.45, 7) is 2.92. The first kappa shape index (κ1) is 13.1. The molecule has 0 fully saturated rings. The minimum absolute atomic E-state index is 0.203. The number of amides is 1. The molecule has 0 aliphatic rings. The molecule has 6 nitrogen and oxygen atoms in total. The molecule has 100 valence electrons. The predicted octanol–water partition coefficient (Wildman–Crippen LogP) is 1.26. The molecule has 1 heterocycles. The Hall–Kier alpha value is -2.37. The molecule has 0 saturated heterocycles. The van der Waals surface area contributed by atoms with Crippen LogP contribution in [0.2, 0.25) is 0 Å². The number of nitrogens with one attached hydrogen (secondary N) is 1. The zero-order chi connectivity index (χ0) is 13.7. The summed E-state index contributed by atoms with van der Waals surface area (Å²) in [4.78, 5) is 17.2. The van der Waals surface area contributed by atoms with E-state index in [1.54, 1.807) is 7.05 Å². The van der Waals surface area contributed by atoms with Gasteiger partial charge in [0.15, 0.2) is 0 Å². The lowest BCUT2D eigenvalue weighted by molar-refractivity contribution is 0.0762. The number of rotatable bonds is 5. The van der Waals surface area contributed by atoms with Crippen molar-refractivity contribution in [3.63, 3.8) is 0 Å². The SMILES string of the molecule is Cc1cccc(OCCN(C)C(=O)c2ncn[nH]2)c1. The van der Waals surface area contributed by atoms with Gasteiger partial charge in [0.1, 0.15) is 18.7 Å². The maximum atomic E-state index is 11.8. The van der Waals surface area contributed by atoms with Crippen molar-refractivity contribution < 1.29 is 9.53 Å². The molecule has 2 aromatic rings. The molecule has 0 radical (unpaired) electrons. The minimum Gasteiger partial charge on any atom is -0.492 e. The highest BCUT2D eigenvalue weighted by Gasteiger charge is 2.13. The molecule has 1 amide bonds. The molecular weight excluding hydrogens is 244 g/mol. The summed E-state index contributed by atoms with van der Waals surface area (Å²) in [6, 6.07) is 7.80. The maximum absolute atomic E-state index is 11.8. The topological polar surface area (TPSA) is 71.1 Å². The Labute approximate surface area is 111 Å². The van der Waals surface area contributed by atoms with Gasteiger partial charge < -0.3 is 9.64 Å². The van der Waals surface area contributed by atoms with E-state index in [1.807, 2.05) is 31.2 Å². The van der Waals surface area contributed by atoms with Gasteiger partial charge in [-0.2, -0.15) is 5.10 Å². The van der Waals surface area contributed by atoms with Crippen molar-refractivity contribution in [3.8, 4) is 5.75 Å². The van der Waals surface area contributed by atoms with Crippen LogP contribution in [-0.4, -0.2) is 46.2 Å². The van der Waals surface area contributed by atoms with Crippen molar-refractivity contribution in [2.75, 3.05) is 20.2 Å². The number of carbonyl (C=O) groups excluding carboxylic acids is 1. The first-order valence-corrected chi connectivity index (χ1v) is 5.97. The molecular formula is C13H16N4O2. The van der Waals surface area contributed by atoms with Crippen LogP contribution < -0.4 is 4.74 Å². The Bertz CT molecular complexity index is 539. The number of aromatic nitrogens is 3. The Morgan fingerprint density at radius 2 is 2.32 bits per heavy atom. The maximum Gasteiger partial charge on any atom is 0.291 e. The van der Waals surface area contributed by atoms with E-state index < -0.39 is 0 Å². The molecule has 0 unspecified atom stereocenters. The monoisotopic (exact) mass is 260 g/mol. The Morgan fingerprint density at radius 1 is 1.47 bits per heavy atom. The number of nitrogens with zero attached hydrogens (tertiary/aromatic N) is 3. The largest absolute Gasteiger partial charge is 0.492 e. The van der Waals surface area contributed by atoms with Crippen molar-refractivity contribution in [1.82, 2.24) is 20.1 Å². The fraction of sp³-hybridized carbons (Fsp3) is 0.308. The Morgan fingerprint density at radius 3 is 3.00 bits per heavy atom. The minimum atomic E-state index is -0.203. The third-order valence-electron chi connectivity index (χ3n) is 2.65. The second-order valence-electron chi connectivity index (χ2n) is 4.23. The van der Waals surface area contributed by atoms with Gasteiger partial charge in [-0.3, -0.25) is 9.89 Å². The zero-order valence-corrected chi connectivity index (χ0v) is 11.0. The quantitative estimate of drug-likeness (QED) is 0.878. The number of likely N-dealkylation sites (N-methyl/N-ethyl adjacent to an activating group) is 1.